The van der Waals surface area contributed by atoms with Crippen LogP contribution in [0.2, 0.25) is 0 Å². The first-order chi connectivity index (χ1) is 32.7. The number of allylic oxidation sites excluding steroid dienone is 4. The predicted molar refractivity (Wildman–Crippen MR) is 248 cm³/mol. The Bertz CT molecular complexity index is 1960. The Morgan fingerprint density at radius 2 is 1.07 bits per heavy atom. The van der Waals surface area contributed by atoms with E-state index >= 15 is 0 Å². The van der Waals surface area contributed by atoms with Crippen LogP contribution in [0.1, 0.15) is 103 Å². The van der Waals surface area contributed by atoms with Crippen molar-refractivity contribution in [1.29, 1.82) is 0 Å². The zero-order chi connectivity index (χ0) is 49.3. The molecule has 2 saturated heterocycles. The molecule has 2 aliphatic heterocycles. The number of esters is 1. The SMILES string of the molecule is C#CCN(CCCCCCN1C(=O)C2[C@@H](C1=O)[C@@H]1C=C[C@H]2C1)C(=O)CCC(=O)NCCCOC(=O)C(C)OC.C#CCN(CCCCCCN1C(=O)C2[C@@H](C1=O)[C@@H]1C=C[C@H]2C1)C(=O)CCC(=O)O. The molecule has 17 nitrogen and oxygen atoms in total. The maximum absolute atomic E-state index is 12.8. The largest absolute Gasteiger partial charge is 0.481 e. The standard InChI is InChI=1S/C29H41N3O7.C22H28N2O5/c1-4-15-31(24(34)13-12-23(33)30-14-9-18-39-29(37)20(2)38-3)16-7-5-6-8-17-32-27(35)25-21-10-11-22(19-21)26(25)28(32)36;1-2-11-23(17(25)9-10-18(26)27)12-5-3-4-6-13-24-21(28)19-15-7-8-16(14-15)20(19)22(24)29/h1,10-11,20-22,25-26H,5-9,12-19H2,2-3H3,(H,30,33);1,7-8,15-16,19-20H,3-6,9-14H2,(H,26,27)/t20?,21-,22+,25+,26?;15-,16+,19+,20?/m11/s1. The van der Waals surface area contributed by atoms with E-state index in [1.54, 1.807) is 11.8 Å². The molecule has 0 radical (unpaired) electrons. The fourth-order valence-electron chi connectivity index (χ4n) is 10.6. The number of carboxylic acids is 1. The lowest BCUT2D eigenvalue weighted by molar-refractivity contribution is -0.154. The number of fused-ring (bicyclic) bond motifs is 10. The van der Waals surface area contributed by atoms with Crippen LogP contribution in [0, 0.1) is 72.0 Å². The number of rotatable bonds is 28. The van der Waals surface area contributed by atoms with Crippen LogP contribution in [0.15, 0.2) is 24.3 Å². The van der Waals surface area contributed by atoms with Crippen molar-refractivity contribution in [1.82, 2.24) is 24.9 Å². The summed E-state index contributed by atoms with van der Waals surface area (Å²) in [6, 6.07) is 0. The van der Waals surface area contributed by atoms with Gasteiger partial charge in [0.25, 0.3) is 0 Å². The molecular formula is C51H69N5O12. The molecule has 4 aliphatic carbocycles. The van der Waals surface area contributed by atoms with Crippen molar-refractivity contribution >= 4 is 53.3 Å². The Morgan fingerprint density at radius 3 is 1.47 bits per heavy atom. The van der Waals surface area contributed by atoms with Crippen LogP contribution < -0.4 is 5.32 Å². The highest BCUT2D eigenvalue weighted by atomic mass is 16.6. The topological polar surface area (TPSA) is 217 Å². The van der Waals surface area contributed by atoms with Gasteiger partial charge in [0, 0.05) is 59.1 Å². The lowest BCUT2D eigenvalue weighted by Gasteiger charge is -2.20. The van der Waals surface area contributed by atoms with E-state index in [1.807, 2.05) is 0 Å². The first-order valence-electron chi connectivity index (χ1n) is 24.4. The van der Waals surface area contributed by atoms with E-state index in [4.69, 9.17) is 27.4 Å². The summed E-state index contributed by atoms with van der Waals surface area (Å²) in [6.07, 6.45) is 27.1. The molecule has 3 unspecified atom stereocenters. The number of carboxylic acid groups (broad SMARTS) is 1. The summed E-state index contributed by atoms with van der Waals surface area (Å²) in [5.74, 6) is 3.21. The van der Waals surface area contributed by atoms with Crippen molar-refractivity contribution in [2.24, 2.45) is 47.3 Å². The second-order valence-electron chi connectivity index (χ2n) is 18.7. The number of carbonyl (C=O) groups is 9. The van der Waals surface area contributed by atoms with Crippen LogP contribution in [-0.2, 0) is 52.6 Å². The highest BCUT2D eigenvalue weighted by Gasteiger charge is 2.60. The average molecular weight is 944 g/mol. The van der Waals surface area contributed by atoms with Gasteiger partial charge < -0.3 is 29.7 Å². The molecule has 7 amide bonds. The number of hydrogen-bond acceptors (Lipinski definition) is 11. The molecule has 370 valence electrons. The van der Waals surface area contributed by atoms with Gasteiger partial charge in [-0.15, -0.1) is 12.8 Å². The second kappa shape index (κ2) is 26.1. The van der Waals surface area contributed by atoms with E-state index in [-0.39, 0.29) is 134 Å². The summed E-state index contributed by atoms with van der Waals surface area (Å²) >= 11 is 0. The summed E-state index contributed by atoms with van der Waals surface area (Å²) in [5.41, 5.74) is 0. The fourth-order valence-corrected chi connectivity index (χ4v) is 10.6. The number of unbranched alkanes of at least 4 members (excludes halogenated alkanes) is 6. The van der Waals surface area contributed by atoms with Crippen LogP contribution in [0.25, 0.3) is 0 Å². The van der Waals surface area contributed by atoms with Crippen molar-refractivity contribution in [3.63, 3.8) is 0 Å². The Morgan fingerprint density at radius 1 is 0.662 bits per heavy atom. The van der Waals surface area contributed by atoms with Crippen molar-refractivity contribution in [3.8, 4) is 24.7 Å². The highest BCUT2D eigenvalue weighted by Crippen LogP contribution is 2.53. The third kappa shape index (κ3) is 13.7. The number of likely N-dealkylation sites (tertiary alicyclic amines) is 2. The number of ether oxygens (including phenoxy) is 2. The third-order valence-electron chi connectivity index (χ3n) is 14.2. The molecule has 6 rings (SSSR count). The highest BCUT2D eigenvalue weighted by molar-refractivity contribution is 6.07. The molecule has 6 aliphatic rings. The summed E-state index contributed by atoms with van der Waals surface area (Å²) in [6.45, 7) is 4.37. The van der Waals surface area contributed by atoms with Gasteiger partial charge in [0.2, 0.25) is 41.4 Å². The number of carbonyl (C=O) groups excluding carboxylic acids is 8. The van der Waals surface area contributed by atoms with Gasteiger partial charge in [0.15, 0.2) is 6.10 Å². The van der Waals surface area contributed by atoms with Gasteiger partial charge in [-0.1, -0.05) is 61.8 Å². The van der Waals surface area contributed by atoms with E-state index in [2.05, 4.69) is 41.5 Å². The van der Waals surface area contributed by atoms with Crippen molar-refractivity contribution < 1.29 is 57.7 Å². The third-order valence-corrected chi connectivity index (χ3v) is 14.2. The number of methoxy groups -OCH3 is 1. The summed E-state index contributed by atoms with van der Waals surface area (Å²) < 4.78 is 9.89. The molecule has 2 heterocycles. The van der Waals surface area contributed by atoms with Crippen LogP contribution in [0.4, 0.5) is 0 Å². The molecule has 2 saturated carbocycles. The lowest BCUT2D eigenvalue weighted by Crippen LogP contribution is -2.34. The zero-order valence-electron chi connectivity index (χ0n) is 39.7. The van der Waals surface area contributed by atoms with Gasteiger partial charge in [-0.3, -0.25) is 48.2 Å². The number of nitrogens with zero attached hydrogens (tertiary/aromatic N) is 4. The van der Waals surface area contributed by atoms with Crippen LogP contribution in [-0.4, -0.2) is 144 Å². The first-order valence-corrected chi connectivity index (χ1v) is 24.4. The smallest absolute Gasteiger partial charge is 0.334 e. The molecule has 9 atom stereocenters. The molecule has 17 heteroatoms. The number of nitrogens with one attached hydrogen (secondary N) is 1. The van der Waals surface area contributed by atoms with E-state index in [0.29, 0.717) is 39.1 Å². The summed E-state index contributed by atoms with van der Waals surface area (Å²) in [5, 5.41) is 11.4. The molecule has 0 spiro atoms. The minimum atomic E-state index is -1.00. The van der Waals surface area contributed by atoms with Crippen LogP contribution in [0.5, 0.6) is 0 Å². The van der Waals surface area contributed by atoms with Crippen molar-refractivity contribution in [2.45, 2.75) is 109 Å². The summed E-state index contributed by atoms with van der Waals surface area (Å²) in [7, 11) is 1.42. The molecule has 0 aromatic rings. The van der Waals surface area contributed by atoms with E-state index in [1.165, 1.54) is 21.8 Å². The quantitative estimate of drug-likeness (QED) is 0.0380. The molecule has 68 heavy (non-hydrogen) atoms. The number of terminal acetylenes is 2. The van der Waals surface area contributed by atoms with E-state index < -0.39 is 18.0 Å². The van der Waals surface area contributed by atoms with Crippen molar-refractivity contribution in [3.05, 3.63) is 24.3 Å². The Hall–Kier alpha value is -5.81. The van der Waals surface area contributed by atoms with E-state index in [0.717, 1.165) is 64.2 Å². The fraction of sp³-hybridized carbons (Fsp3) is 0.667. The molecule has 0 aromatic heterocycles. The Labute approximate surface area is 400 Å². The average Bonchev–Trinajstić information content (AvgIpc) is 4.20. The van der Waals surface area contributed by atoms with Crippen LogP contribution >= 0.6 is 0 Å². The van der Waals surface area contributed by atoms with Gasteiger partial charge in [-0.05, 0) is 75.5 Å². The number of imide groups is 2. The van der Waals surface area contributed by atoms with Gasteiger partial charge >= 0.3 is 11.9 Å². The molecule has 2 N–H and O–H groups in total. The Balaban J connectivity index is 0.000000265. The molecule has 4 bridgehead atoms. The zero-order valence-corrected chi connectivity index (χ0v) is 39.7. The van der Waals surface area contributed by atoms with Crippen molar-refractivity contribution in [2.75, 3.05) is 59.5 Å². The van der Waals surface area contributed by atoms with E-state index in [9.17, 15) is 43.2 Å². The monoisotopic (exact) mass is 943 g/mol. The van der Waals surface area contributed by atoms with Gasteiger partial charge in [-0.25, -0.2) is 4.79 Å². The normalized spacial score (nSPS) is 24.8. The maximum atomic E-state index is 12.8. The minimum Gasteiger partial charge on any atom is -0.481 e. The Kier molecular flexibility index (Phi) is 20.4. The van der Waals surface area contributed by atoms with Gasteiger partial charge in [0.05, 0.1) is 49.8 Å². The van der Waals surface area contributed by atoms with Gasteiger partial charge in [-0.2, -0.15) is 0 Å². The van der Waals surface area contributed by atoms with Crippen LogP contribution in [0.3, 0.4) is 0 Å². The maximum Gasteiger partial charge on any atom is 0.334 e. The predicted octanol–water partition coefficient (Wildman–Crippen LogP) is 3.36. The molecular weight excluding hydrogens is 875 g/mol. The molecule has 0 aromatic carbocycles. The number of amides is 7. The number of aliphatic carboxylic acids is 1. The second-order valence-corrected chi connectivity index (χ2v) is 18.7. The first kappa shape index (κ1) is 53.1. The lowest BCUT2D eigenvalue weighted by atomic mass is 9.85. The summed E-state index contributed by atoms with van der Waals surface area (Å²) in [4.78, 5) is 116. The van der Waals surface area contributed by atoms with Gasteiger partial charge in [0.1, 0.15) is 0 Å². The number of hydrogen-bond donors (Lipinski definition) is 2. The minimum absolute atomic E-state index is 0.000993. The molecule has 4 fully saturated rings.